The van der Waals surface area contributed by atoms with Crippen LogP contribution in [-0.2, 0) is 11.3 Å². The van der Waals surface area contributed by atoms with E-state index in [1.165, 1.54) is 6.07 Å². The second-order valence-electron chi connectivity index (χ2n) is 5.34. The minimum Gasteiger partial charge on any atom is -0.389 e. The number of hydrogen-bond acceptors (Lipinski definition) is 3. The first kappa shape index (κ1) is 15.9. The quantitative estimate of drug-likeness (QED) is 0.826. The number of rotatable bonds is 4. The van der Waals surface area contributed by atoms with Crippen molar-refractivity contribution in [3.63, 3.8) is 0 Å². The van der Waals surface area contributed by atoms with Gasteiger partial charge in [0, 0.05) is 25.1 Å². The average Bonchev–Trinajstić information content (AvgIpc) is 2.49. The van der Waals surface area contributed by atoms with E-state index < -0.39 is 0 Å². The molecule has 1 saturated heterocycles. The molecule has 1 aromatic rings. The van der Waals surface area contributed by atoms with Crippen molar-refractivity contribution in [3.05, 3.63) is 35.1 Å². The van der Waals surface area contributed by atoms with E-state index >= 15 is 0 Å². The minimum absolute atomic E-state index is 0.0766. The number of thiocarbonyl (C=S) groups is 1. The molecule has 0 unspecified atom stereocenters. The number of carbonyl (C=O) groups excluding carboxylic acids is 1. The lowest BCUT2D eigenvalue weighted by atomic mass is 9.95. The number of likely N-dealkylation sites (tertiary alicyclic amines) is 1. The van der Waals surface area contributed by atoms with Crippen LogP contribution in [0.5, 0.6) is 0 Å². The Hall–Kier alpha value is -1.53. The van der Waals surface area contributed by atoms with Crippen LogP contribution in [0.4, 0.5) is 4.39 Å². The van der Waals surface area contributed by atoms with Gasteiger partial charge in [-0.1, -0.05) is 18.3 Å². The zero-order valence-corrected chi connectivity index (χ0v) is 12.9. The lowest BCUT2D eigenvalue weighted by Gasteiger charge is -2.31. The molecule has 21 heavy (non-hydrogen) atoms. The average molecular weight is 309 g/mol. The highest BCUT2D eigenvalue weighted by Crippen LogP contribution is 2.20. The van der Waals surface area contributed by atoms with Crippen LogP contribution in [-0.4, -0.2) is 35.9 Å². The lowest BCUT2D eigenvalue weighted by molar-refractivity contribution is -0.125. The monoisotopic (exact) mass is 309 g/mol. The van der Waals surface area contributed by atoms with Crippen LogP contribution in [0.25, 0.3) is 0 Å². The van der Waals surface area contributed by atoms with Crippen molar-refractivity contribution < 1.29 is 9.18 Å². The summed E-state index contributed by atoms with van der Waals surface area (Å²) in [5, 5.41) is 2.70. The molecule has 1 amide bonds. The number of nitrogens with two attached hydrogens (primary N) is 1. The largest absolute Gasteiger partial charge is 0.389 e. The van der Waals surface area contributed by atoms with Gasteiger partial charge in [-0.25, -0.2) is 4.39 Å². The highest BCUT2D eigenvalue weighted by molar-refractivity contribution is 7.80. The molecule has 0 bridgehead atoms. The van der Waals surface area contributed by atoms with E-state index in [0.29, 0.717) is 5.56 Å². The summed E-state index contributed by atoms with van der Waals surface area (Å²) in [7, 11) is 1.67. The third kappa shape index (κ3) is 3.98. The van der Waals surface area contributed by atoms with Crippen molar-refractivity contribution in [2.75, 3.05) is 20.1 Å². The minimum atomic E-state index is -0.385. The van der Waals surface area contributed by atoms with Crippen LogP contribution in [0.1, 0.15) is 24.0 Å². The van der Waals surface area contributed by atoms with Crippen LogP contribution in [0.2, 0.25) is 0 Å². The summed E-state index contributed by atoms with van der Waals surface area (Å²) in [6.45, 7) is 2.44. The number of piperidine rings is 1. The van der Waals surface area contributed by atoms with Gasteiger partial charge in [0.2, 0.25) is 5.91 Å². The van der Waals surface area contributed by atoms with Gasteiger partial charge >= 0.3 is 0 Å². The van der Waals surface area contributed by atoms with Crippen LogP contribution in [0.15, 0.2) is 18.2 Å². The fourth-order valence-corrected chi connectivity index (χ4v) is 2.83. The normalized spacial score (nSPS) is 16.7. The molecule has 6 heteroatoms. The number of nitrogens with zero attached hydrogens (tertiary/aromatic N) is 1. The molecule has 0 atom stereocenters. The number of halogens is 1. The molecule has 1 aliphatic rings. The third-order valence-corrected chi connectivity index (χ3v) is 4.13. The summed E-state index contributed by atoms with van der Waals surface area (Å²) >= 11 is 4.85. The molecule has 0 aliphatic carbocycles. The van der Waals surface area contributed by atoms with Gasteiger partial charge in [-0.05, 0) is 43.6 Å². The number of hydrogen-bond donors (Lipinski definition) is 2. The second-order valence-corrected chi connectivity index (χ2v) is 5.78. The SMILES string of the molecule is CNC(=O)C1CCN(Cc2ccc(F)c(C(N)=S)c2)CC1. The Labute approximate surface area is 129 Å². The van der Waals surface area contributed by atoms with Crippen molar-refractivity contribution in [1.82, 2.24) is 10.2 Å². The van der Waals surface area contributed by atoms with Crippen LogP contribution in [0, 0.1) is 11.7 Å². The Morgan fingerprint density at radius 2 is 2.14 bits per heavy atom. The second kappa shape index (κ2) is 6.95. The number of benzene rings is 1. The fourth-order valence-electron chi connectivity index (χ4n) is 2.68. The summed E-state index contributed by atoms with van der Waals surface area (Å²) in [6.07, 6.45) is 1.70. The standard InChI is InChI=1S/C15H20FN3OS/c1-18-15(20)11-4-6-19(7-5-11)9-10-2-3-13(16)12(8-10)14(17)21/h2-3,8,11H,4-7,9H2,1H3,(H2,17,21)(H,18,20). The molecule has 1 fully saturated rings. The van der Waals surface area contributed by atoms with E-state index in [1.807, 2.05) is 0 Å². The van der Waals surface area contributed by atoms with Gasteiger partial charge < -0.3 is 11.1 Å². The van der Waals surface area contributed by atoms with Crippen LogP contribution >= 0.6 is 12.2 Å². The molecule has 1 aromatic carbocycles. The molecule has 3 N–H and O–H groups in total. The Balaban J connectivity index is 1.96. The zero-order chi connectivity index (χ0) is 15.4. The van der Waals surface area contributed by atoms with Crippen LogP contribution in [0.3, 0.4) is 0 Å². The maximum atomic E-state index is 13.6. The summed E-state index contributed by atoms with van der Waals surface area (Å²) in [5.41, 5.74) is 6.79. The maximum Gasteiger partial charge on any atom is 0.222 e. The molecule has 4 nitrogen and oxygen atoms in total. The topological polar surface area (TPSA) is 58.4 Å². The van der Waals surface area contributed by atoms with E-state index in [4.69, 9.17) is 18.0 Å². The van der Waals surface area contributed by atoms with Gasteiger partial charge in [0.05, 0.1) is 0 Å². The highest BCUT2D eigenvalue weighted by atomic mass is 32.1. The lowest BCUT2D eigenvalue weighted by Crippen LogP contribution is -2.39. The van der Waals surface area contributed by atoms with Crippen molar-refractivity contribution in [2.45, 2.75) is 19.4 Å². The molecular weight excluding hydrogens is 289 g/mol. The van der Waals surface area contributed by atoms with E-state index in [-0.39, 0.29) is 22.6 Å². The first-order valence-electron chi connectivity index (χ1n) is 7.03. The highest BCUT2D eigenvalue weighted by Gasteiger charge is 2.24. The van der Waals surface area contributed by atoms with Gasteiger partial charge in [-0.15, -0.1) is 0 Å². The third-order valence-electron chi connectivity index (χ3n) is 3.91. The molecule has 2 rings (SSSR count). The Morgan fingerprint density at radius 3 is 2.71 bits per heavy atom. The van der Waals surface area contributed by atoms with Gasteiger partial charge in [-0.3, -0.25) is 9.69 Å². The van der Waals surface area contributed by atoms with E-state index in [9.17, 15) is 9.18 Å². The van der Waals surface area contributed by atoms with E-state index in [1.54, 1.807) is 19.2 Å². The van der Waals surface area contributed by atoms with Crippen molar-refractivity contribution in [1.29, 1.82) is 0 Å². The molecule has 0 aromatic heterocycles. The predicted molar refractivity (Wildman–Crippen MR) is 84.4 cm³/mol. The van der Waals surface area contributed by atoms with E-state index in [2.05, 4.69) is 10.2 Å². The number of nitrogens with one attached hydrogen (secondary N) is 1. The Bertz CT molecular complexity index is 542. The van der Waals surface area contributed by atoms with Crippen molar-refractivity contribution >= 4 is 23.1 Å². The van der Waals surface area contributed by atoms with Gasteiger partial charge in [0.15, 0.2) is 0 Å². The Kier molecular flexibility index (Phi) is 5.25. The molecule has 1 aliphatic heterocycles. The van der Waals surface area contributed by atoms with Gasteiger partial charge in [0.25, 0.3) is 0 Å². The molecule has 0 saturated carbocycles. The van der Waals surface area contributed by atoms with Gasteiger partial charge in [-0.2, -0.15) is 0 Å². The fraction of sp³-hybridized carbons (Fsp3) is 0.467. The predicted octanol–water partition coefficient (Wildman–Crippen LogP) is 1.42. The Morgan fingerprint density at radius 1 is 1.48 bits per heavy atom. The van der Waals surface area contributed by atoms with Crippen molar-refractivity contribution in [2.24, 2.45) is 11.7 Å². The van der Waals surface area contributed by atoms with Crippen molar-refractivity contribution in [3.8, 4) is 0 Å². The number of carbonyl (C=O) groups is 1. The summed E-state index contributed by atoms with van der Waals surface area (Å²) in [6, 6.07) is 4.87. The molecule has 0 spiro atoms. The molecule has 1 heterocycles. The van der Waals surface area contributed by atoms with Gasteiger partial charge in [0.1, 0.15) is 10.8 Å². The number of amides is 1. The summed E-state index contributed by atoms with van der Waals surface area (Å²) in [4.78, 5) is 13.9. The summed E-state index contributed by atoms with van der Waals surface area (Å²) in [5.74, 6) is -0.163. The maximum absolute atomic E-state index is 13.6. The summed E-state index contributed by atoms with van der Waals surface area (Å²) < 4.78 is 13.6. The van der Waals surface area contributed by atoms with E-state index in [0.717, 1.165) is 38.0 Å². The zero-order valence-electron chi connectivity index (χ0n) is 12.1. The molecular formula is C15H20FN3OS. The molecule has 114 valence electrons. The smallest absolute Gasteiger partial charge is 0.222 e. The first-order chi connectivity index (χ1) is 10.0. The van der Waals surface area contributed by atoms with Crippen LogP contribution < -0.4 is 11.1 Å². The first-order valence-corrected chi connectivity index (χ1v) is 7.44. The molecule has 0 radical (unpaired) electrons.